The Labute approximate surface area is 155 Å². The third kappa shape index (κ3) is 4.35. The predicted molar refractivity (Wildman–Crippen MR) is 99.7 cm³/mol. The fourth-order valence-electron chi connectivity index (χ4n) is 3.86. The van der Waals surface area contributed by atoms with Gasteiger partial charge in [0.2, 0.25) is 5.91 Å². The van der Waals surface area contributed by atoms with Crippen LogP contribution in [0.4, 0.5) is 5.82 Å². The average Bonchev–Trinajstić information content (AvgIpc) is 3.20. The van der Waals surface area contributed by atoms with Crippen molar-refractivity contribution in [3.05, 3.63) is 12.3 Å². The number of nitrogens with zero attached hydrogens (tertiary/aromatic N) is 2. The van der Waals surface area contributed by atoms with E-state index in [9.17, 15) is 13.2 Å². The van der Waals surface area contributed by atoms with Gasteiger partial charge in [-0.25, -0.2) is 8.42 Å². The molecule has 1 saturated carbocycles. The minimum Gasteiger partial charge on any atom is -0.315 e. The van der Waals surface area contributed by atoms with Gasteiger partial charge in [-0.15, -0.1) is 12.4 Å². The first-order chi connectivity index (χ1) is 11.5. The highest BCUT2D eigenvalue weighted by Gasteiger charge is 2.49. The van der Waals surface area contributed by atoms with Gasteiger partial charge in [0, 0.05) is 24.6 Å². The van der Waals surface area contributed by atoms with Crippen LogP contribution in [0.5, 0.6) is 0 Å². The first-order valence-electron chi connectivity index (χ1n) is 8.71. The lowest BCUT2D eigenvalue weighted by atomic mass is 9.67. The van der Waals surface area contributed by atoms with Gasteiger partial charge in [-0.2, -0.15) is 5.10 Å². The summed E-state index contributed by atoms with van der Waals surface area (Å²) in [5.41, 5.74) is -0.312. The second-order valence-electron chi connectivity index (χ2n) is 6.88. The second-order valence-corrected chi connectivity index (χ2v) is 9.36. The second kappa shape index (κ2) is 8.05. The highest BCUT2D eigenvalue weighted by atomic mass is 35.5. The largest absolute Gasteiger partial charge is 0.315 e. The van der Waals surface area contributed by atoms with Gasteiger partial charge in [0.25, 0.3) is 0 Å². The van der Waals surface area contributed by atoms with Crippen LogP contribution in [0.2, 0.25) is 0 Å². The molecule has 3 rings (SSSR count). The van der Waals surface area contributed by atoms with Crippen LogP contribution < -0.4 is 10.6 Å². The number of hydrogen-bond acceptors (Lipinski definition) is 5. The van der Waals surface area contributed by atoms with E-state index in [1.807, 2.05) is 0 Å². The van der Waals surface area contributed by atoms with Gasteiger partial charge >= 0.3 is 0 Å². The normalized spacial score (nSPS) is 25.9. The lowest BCUT2D eigenvalue weighted by Crippen LogP contribution is -2.44. The Morgan fingerprint density at radius 3 is 3.04 bits per heavy atom. The summed E-state index contributed by atoms with van der Waals surface area (Å²) < 4.78 is 24.7. The van der Waals surface area contributed by atoms with Gasteiger partial charge in [-0.3, -0.25) is 9.48 Å². The number of sulfone groups is 1. The SMILES string of the molecule is CCS(=O)(=O)CCn1ccc(NC(=O)[C@@]23CCCC[C@H]2CNC3)n1.Cl. The minimum absolute atomic E-state index is 0. The summed E-state index contributed by atoms with van der Waals surface area (Å²) in [6.07, 6.45) is 6.02. The van der Waals surface area contributed by atoms with Gasteiger partial charge in [-0.1, -0.05) is 19.8 Å². The molecule has 2 atom stereocenters. The molecule has 1 aliphatic carbocycles. The number of amides is 1. The van der Waals surface area contributed by atoms with E-state index in [0.717, 1.165) is 32.4 Å². The maximum atomic E-state index is 12.8. The molecule has 2 N–H and O–H groups in total. The highest BCUT2D eigenvalue weighted by Crippen LogP contribution is 2.44. The maximum Gasteiger partial charge on any atom is 0.233 e. The van der Waals surface area contributed by atoms with Gasteiger partial charge in [0.1, 0.15) is 0 Å². The fourth-order valence-corrected chi connectivity index (χ4v) is 4.61. The lowest BCUT2D eigenvalue weighted by molar-refractivity contribution is -0.128. The number of carbonyl (C=O) groups is 1. The summed E-state index contributed by atoms with van der Waals surface area (Å²) in [4.78, 5) is 12.8. The third-order valence-corrected chi connectivity index (χ3v) is 7.13. The summed E-state index contributed by atoms with van der Waals surface area (Å²) in [6, 6.07) is 1.73. The van der Waals surface area contributed by atoms with Gasteiger partial charge < -0.3 is 10.6 Å². The lowest BCUT2D eigenvalue weighted by Gasteiger charge is -2.36. The van der Waals surface area contributed by atoms with Crippen LogP contribution in [-0.4, -0.2) is 48.7 Å². The Balaban J connectivity index is 0.00000225. The smallest absolute Gasteiger partial charge is 0.233 e. The molecule has 2 aliphatic rings. The first kappa shape index (κ1) is 20.2. The van der Waals surface area contributed by atoms with Crippen LogP contribution in [0.1, 0.15) is 32.6 Å². The molecule has 25 heavy (non-hydrogen) atoms. The van der Waals surface area contributed by atoms with E-state index in [2.05, 4.69) is 15.7 Å². The molecule has 1 saturated heterocycles. The molecule has 1 aromatic heterocycles. The fraction of sp³-hybridized carbons (Fsp3) is 0.750. The van der Waals surface area contributed by atoms with E-state index in [0.29, 0.717) is 18.3 Å². The van der Waals surface area contributed by atoms with Crippen molar-refractivity contribution >= 4 is 34.0 Å². The van der Waals surface area contributed by atoms with E-state index in [4.69, 9.17) is 0 Å². The van der Waals surface area contributed by atoms with Crippen molar-refractivity contribution in [1.82, 2.24) is 15.1 Å². The number of aryl methyl sites for hydroxylation is 1. The topological polar surface area (TPSA) is 93.1 Å². The summed E-state index contributed by atoms with van der Waals surface area (Å²) in [7, 11) is -3.02. The van der Waals surface area contributed by atoms with Crippen LogP contribution in [0.3, 0.4) is 0 Å². The van der Waals surface area contributed by atoms with Crippen molar-refractivity contribution in [3.8, 4) is 0 Å². The van der Waals surface area contributed by atoms with Crippen molar-refractivity contribution in [1.29, 1.82) is 0 Å². The number of halogens is 1. The maximum absolute atomic E-state index is 12.8. The van der Waals surface area contributed by atoms with Crippen LogP contribution in [0, 0.1) is 11.3 Å². The van der Waals surface area contributed by atoms with E-state index >= 15 is 0 Å². The summed E-state index contributed by atoms with van der Waals surface area (Å²) in [5.74, 6) is 1.15. The molecular weight excluding hydrogens is 364 g/mol. The van der Waals surface area contributed by atoms with Gasteiger partial charge in [0.15, 0.2) is 15.7 Å². The molecular formula is C16H27ClN4O3S. The molecule has 142 valence electrons. The standard InChI is InChI=1S/C16H26N4O3S.ClH/c1-2-24(22,23)10-9-20-8-6-14(19-20)18-15(21)16-7-4-3-5-13(16)11-17-12-16;/h6,8,13,17H,2-5,7,9-12H2,1H3,(H,18,19,21);1H/t13-,16+;/m0./s1. The van der Waals surface area contributed by atoms with Crippen molar-refractivity contribution < 1.29 is 13.2 Å². The number of carbonyl (C=O) groups excluding carboxylic acids is 1. The number of nitrogens with one attached hydrogen (secondary N) is 2. The molecule has 2 fully saturated rings. The van der Waals surface area contributed by atoms with Crippen molar-refractivity contribution in [3.63, 3.8) is 0 Å². The number of fused-ring (bicyclic) bond motifs is 1. The quantitative estimate of drug-likeness (QED) is 0.767. The molecule has 0 unspecified atom stereocenters. The zero-order valence-corrected chi connectivity index (χ0v) is 16.2. The van der Waals surface area contributed by atoms with Crippen molar-refractivity contribution in [2.45, 2.75) is 39.2 Å². The number of anilines is 1. The first-order valence-corrected chi connectivity index (χ1v) is 10.5. The molecule has 0 aromatic carbocycles. The molecule has 2 heterocycles. The Hall–Kier alpha value is -1.12. The van der Waals surface area contributed by atoms with E-state index in [-0.39, 0.29) is 35.2 Å². The van der Waals surface area contributed by atoms with Gasteiger partial charge in [0.05, 0.1) is 17.7 Å². The molecule has 0 radical (unpaired) electrons. The molecule has 1 amide bonds. The summed E-state index contributed by atoms with van der Waals surface area (Å²) in [5, 5.41) is 10.6. The summed E-state index contributed by atoms with van der Waals surface area (Å²) in [6.45, 7) is 3.59. The molecule has 1 aliphatic heterocycles. The van der Waals surface area contributed by atoms with E-state index in [1.54, 1.807) is 23.9 Å². The molecule has 0 bridgehead atoms. The highest BCUT2D eigenvalue weighted by molar-refractivity contribution is 7.91. The molecule has 1 aromatic rings. The average molecular weight is 391 g/mol. The van der Waals surface area contributed by atoms with Crippen LogP contribution >= 0.6 is 12.4 Å². The summed E-state index contributed by atoms with van der Waals surface area (Å²) >= 11 is 0. The monoisotopic (exact) mass is 390 g/mol. The van der Waals surface area contributed by atoms with Crippen LogP contribution in [0.15, 0.2) is 12.3 Å². The van der Waals surface area contributed by atoms with Crippen molar-refractivity contribution in [2.24, 2.45) is 11.3 Å². The van der Waals surface area contributed by atoms with E-state index < -0.39 is 9.84 Å². The zero-order chi connectivity index (χ0) is 17.2. The zero-order valence-electron chi connectivity index (χ0n) is 14.5. The third-order valence-electron chi connectivity index (χ3n) is 5.44. The minimum atomic E-state index is -3.02. The Morgan fingerprint density at radius 1 is 1.48 bits per heavy atom. The number of rotatable bonds is 6. The Morgan fingerprint density at radius 2 is 2.28 bits per heavy atom. The Bertz CT molecular complexity index is 706. The van der Waals surface area contributed by atoms with Crippen LogP contribution in [0.25, 0.3) is 0 Å². The van der Waals surface area contributed by atoms with E-state index in [1.165, 1.54) is 6.42 Å². The Kier molecular flexibility index (Phi) is 6.51. The van der Waals surface area contributed by atoms with Gasteiger partial charge in [-0.05, 0) is 25.3 Å². The predicted octanol–water partition coefficient (Wildman–Crippen LogP) is 1.46. The number of aromatic nitrogens is 2. The molecule has 0 spiro atoms. The molecule has 9 heteroatoms. The van der Waals surface area contributed by atoms with Crippen LogP contribution in [-0.2, 0) is 21.2 Å². The molecule has 7 nitrogen and oxygen atoms in total. The number of hydrogen-bond donors (Lipinski definition) is 2. The van der Waals surface area contributed by atoms with Crippen molar-refractivity contribution in [2.75, 3.05) is 29.9 Å².